The van der Waals surface area contributed by atoms with E-state index in [-0.39, 0.29) is 36.5 Å². The first-order valence-corrected chi connectivity index (χ1v) is 9.51. The number of nitrogens with two attached hydrogens (primary N) is 1. The molecule has 4 rings (SSSR count). The molecule has 154 valence electrons. The van der Waals surface area contributed by atoms with Gasteiger partial charge in [0.1, 0.15) is 11.5 Å². The van der Waals surface area contributed by atoms with Crippen LogP contribution in [0.3, 0.4) is 0 Å². The van der Waals surface area contributed by atoms with E-state index in [0.717, 1.165) is 44.0 Å². The maximum Gasteiger partial charge on any atom is 0.220 e. The summed E-state index contributed by atoms with van der Waals surface area (Å²) in [4.78, 5) is 8.82. The molecule has 1 aliphatic heterocycles. The molecule has 1 aliphatic carbocycles. The average Bonchev–Trinajstić information content (AvgIpc) is 3.46. The first-order chi connectivity index (χ1) is 12.7. The van der Waals surface area contributed by atoms with E-state index in [1.807, 2.05) is 12.1 Å². The lowest BCUT2D eigenvalue weighted by atomic mass is 9.95. The zero-order valence-electron chi connectivity index (χ0n) is 15.8. The minimum atomic E-state index is 0. The number of nitrogens with one attached hydrogen (secondary N) is 1. The van der Waals surface area contributed by atoms with Crippen LogP contribution in [-0.2, 0) is 0 Å². The van der Waals surface area contributed by atoms with Crippen LogP contribution in [0.5, 0.6) is 11.5 Å². The number of nitrogens with zero attached hydrogens (tertiary/aromatic N) is 2. The monoisotopic (exact) mass is 426 g/mol. The molecule has 28 heavy (non-hydrogen) atoms. The van der Waals surface area contributed by atoms with Gasteiger partial charge in [0.15, 0.2) is 0 Å². The van der Waals surface area contributed by atoms with Crippen LogP contribution in [-0.4, -0.2) is 34.8 Å². The normalized spacial score (nSPS) is 18.6. The van der Waals surface area contributed by atoms with Crippen molar-refractivity contribution in [3.05, 3.63) is 30.0 Å². The lowest BCUT2D eigenvalue weighted by Crippen LogP contribution is -2.29. The van der Waals surface area contributed by atoms with Gasteiger partial charge in [-0.05, 0) is 49.9 Å². The Balaban J connectivity index is 0.00000140. The van der Waals surface area contributed by atoms with Crippen molar-refractivity contribution in [1.29, 1.82) is 0 Å². The van der Waals surface area contributed by atoms with Crippen molar-refractivity contribution in [3.8, 4) is 22.8 Å². The summed E-state index contributed by atoms with van der Waals surface area (Å²) in [6.45, 7) is 2.59. The number of nitrogen functional groups attached to an aromatic ring is 1. The molecule has 4 N–H and O–H groups in total. The van der Waals surface area contributed by atoms with E-state index < -0.39 is 0 Å². The number of rotatable bonds is 6. The number of phenols is 1. The lowest BCUT2D eigenvalue weighted by molar-refractivity contribution is 0.302. The van der Waals surface area contributed by atoms with Crippen LogP contribution in [0.2, 0.25) is 0 Å². The molecule has 1 aromatic heterocycles. The third-order valence-corrected chi connectivity index (χ3v) is 5.22. The number of anilines is 1. The maximum absolute atomic E-state index is 10.5. The number of phenolic OH excluding ortho intramolecular Hbond substituents is 1. The first-order valence-electron chi connectivity index (χ1n) is 9.51. The van der Waals surface area contributed by atoms with Crippen LogP contribution in [0, 0.1) is 5.92 Å². The Morgan fingerprint density at radius 1 is 1.18 bits per heavy atom. The largest absolute Gasteiger partial charge is 0.507 e. The first kappa shape index (κ1) is 22.5. The van der Waals surface area contributed by atoms with Gasteiger partial charge in [-0.15, -0.1) is 24.8 Å². The molecule has 1 saturated carbocycles. The highest BCUT2D eigenvalue weighted by atomic mass is 35.5. The van der Waals surface area contributed by atoms with Crippen molar-refractivity contribution in [2.24, 2.45) is 5.92 Å². The van der Waals surface area contributed by atoms with Crippen LogP contribution in [0.1, 0.15) is 43.7 Å². The fourth-order valence-electron chi connectivity index (χ4n) is 3.57. The van der Waals surface area contributed by atoms with Crippen LogP contribution < -0.4 is 15.8 Å². The zero-order valence-corrected chi connectivity index (χ0v) is 17.4. The van der Waals surface area contributed by atoms with Gasteiger partial charge in [-0.3, -0.25) is 0 Å². The fourth-order valence-corrected chi connectivity index (χ4v) is 3.57. The summed E-state index contributed by atoms with van der Waals surface area (Å²) in [5.41, 5.74) is 8.13. The number of aromatic nitrogens is 2. The molecule has 8 heteroatoms. The van der Waals surface area contributed by atoms with E-state index in [1.165, 1.54) is 12.8 Å². The van der Waals surface area contributed by atoms with E-state index in [0.29, 0.717) is 29.5 Å². The SMILES string of the molecule is Cl.Cl.Nc1nc(-c2c(O)cccc2OCCC2CC2)cc(C2CCCNC2)n1. The Morgan fingerprint density at radius 3 is 2.71 bits per heavy atom. The van der Waals surface area contributed by atoms with Crippen LogP contribution in [0.25, 0.3) is 11.3 Å². The molecule has 0 bridgehead atoms. The second-order valence-electron chi connectivity index (χ2n) is 7.31. The summed E-state index contributed by atoms with van der Waals surface area (Å²) in [6, 6.07) is 7.27. The topological polar surface area (TPSA) is 93.3 Å². The Morgan fingerprint density at radius 2 is 2.00 bits per heavy atom. The van der Waals surface area contributed by atoms with Gasteiger partial charge in [0.2, 0.25) is 5.95 Å². The van der Waals surface area contributed by atoms with Crippen LogP contribution >= 0.6 is 24.8 Å². The highest BCUT2D eigenvalue weighted by Gasteiger charge is 2.23. The Kier molecular flexibility index (Phi) is 8.16. The van der Waals surface area contributed by atoms with E-state index in [9.17, 15) is 5.11 Å². The molecular formula is C20H28Cl2N4O2. The molecule has 6 nitrogen and oxygen atoms in total. The summed E-state index contributed by atoms with van der Waals surface area (Å²) in [7, 11) is 0. The summed E-state index contributed by atoms with van der Waals surface area (Å²) in [5, 5.41) is 13.9. The molecule has 1 saturated heterocycles. The number of hydrogen-bond acceptors (Lipinski definition) is 6. The highest BCUT2D eigenvalue weighted by Crippen LogP contribution is 2.39. The molecule has 1 unspecified atom stereocenters. The highest BCUT2D eigenvalue weighted by molar-refractivity contribution is 5.85. The average molecular weight is 427 g/mol. The van der Waals surface area contributed by atoms with Crippen molar-refractivity contribution in [3.63, 3.8) is 0 Å². The smallest absolute Gasteiger partial charge is 0.220 e. The van der Waals surface area contributed by atoms with Crippen molar-refractivity contribution in [2.75, 3.05) is 25.4 Å². The fraction of sp³-hybridized carbons (Fsp3) is 0.500. The predicted molar refractivity (Wildman–Crippen MR) is 116 cm³/mol. The van der Waals surface area contributed by atoms with Gasteiger partial charge in [0.05, 0.1) is 23.6 Å². The third-order valence-electron chi connectivity index (χ3n) is 5.22. The van der Waals surface area contributed by atoms with Gasteiger partial charge in [0, 0.05) is 12.5 Å². The van der Waals surface area contributed by atoms with Gasteiger partial charge >= 0.3 is 0 Å². The minimum Gasteiger partial charge on any atom is -0.507 e. The Bertz CT molecular complexity index is 781. The molecule has 2 fully saturated rings. The van der Waals surface area contributed by atoms with Crippen LogP contribution in [0.4, 0.5) is 5.95 Å². The van der Waals surface area contributed by atoms with Gasteiger partial charge < -0.3 is 20.9 Å². The zero-order chi connectivity index (χ0) is 17.9. The molecule has 2 heterocycles. The molecule has 1 aromatic carbocycles. The van der Waals surface area contributed by atoms with Crippen molar-refractivity contribution in [1.82, 2.24) is 15.3 Å². The van der Waals surface area contributed by atoms with E-state index in [4.69, 9.17) is 10.5 Å². The Hall–Kier alpha value is -1.76. The van der Waals surface area contributed by atoms with Crippen molar-refractivity contribution in [2.45, 2.75) is 38.0 Å². The van der Waals surface area contributed by atoms with Gasteiger partial charge in [0.25, 0.3) is 0 Å². The number of ether oxygens (including phenoxy) is 1. The van der Waals surface area contributed by atoms with Crippen molar-refractivity contribution >= 4 is 30.8 Å². The number of aromatic hydroxyl groups is 1. The maximum atomic E-state index is 10.5. The molecule has 1 atom stereocenters. The molecule has 0 amide bonds. The summed E-state index contributed by atoms with van der Waals surface area (Å²) in [6.07, 6.45) is 5.86. The summed E-state index contributed by atoms with van der Waals surface area (Å²) < 4.78 is 5.97. The third kappa shape index (κ3) is 5.40. The van der Waals surface area contributed by atoms with Crippen LogP contribution in [0.15, 0.2) is 24.3 Å². The quantitative estimate of drug-likeness (QED) is 0.647. The Labute approximate surface area is 178 Å². The van der Waals surface area contributed by atoms with Crippen molar-refractivity contribution < 1.29 is 9.84 Å². The predicted octanol–water partition coefficient (Wildman–Crippen LogP) is 3.92. The molecule has 0 spiro atoms. The molecule has 2 aliphatic rings. The second-order valence-corrected chi connectivity index (χ2v) is 7.31. The van der Waals surface area contributed by atoms with E-state index in [2.05, 4.69) is 15.3 Å². The van der Waals surface area contributed by atoms with Gasteiger partial charge in [-0.25, -0.2) is 9.97 Å². The number of piperidine rings is 1. The number of hydrogen-bond donors (Lipinski definition) is 3. The molecule has 0 radical (unpaired) electrons. The number of halogens is 2. The summed E-state index contributed by atoms with van der Waals surface area (Å²) >= 11 is 0. The van der Waals surface area contributed by atoms with Gasteiger partial charge in [-0.1, -0.05) is 18.9 Å². The standard InChI is InChI=1S/C20H26N4O2.2ClH/c21-20-23-15(14-3-2-9-22-12-14)11-16(24-20)19-17(25)4-1-5-18(19)26-10-8-13-6-7-13;;/h1,4-5,11,13-14,22,25H,2-3,6-10,12H2,(H2,21,23,24);2*1H. The minimum absolute atomic E-state index is 0. The molecular weight excluding hydrogens is 399 g/mol. The number of benzene rings is 1. The molecule has 2 aromatic rings. The van der Waals surface area contributed by atoms with E-state index in [1.54, 1.807) is 12.1 Å². The van der Waals surface area contributed by atoms with E-state index >= 15 is 0 Å². The lowest BCUT2D eigenvalue weighted by Gasteiger charge is -2.23. The van der Waals surface area contributed by atoms with Gasteiger partial charge in [-0.2, -0.15) is 0 Å². The second kappa shape index (κ2) is 10.1. The summed E-state index contributed by atoms with van der Waals surface area (Å²) in [5.74, 6) is 2.15.